The Kier molecular flexibility index (Phi) is 16.7. The van der Waals surface area contributed by atoms with E-state index in [0.29, 0.717) is 32.1 Å². The van der Waals surface area contributed by atoms with Crippen molar-refractivity contribution in [1.29, 1.82) is 0 Å². The van der Waals surface area contributed by atoms with Crippen molar-refractivity contribution in [3.05, 3.63) is 24.3 Å². The Hall–Kier alpha value is -2.97. The average Bonchev–Trinajstić information content (AvgIpc) is 3.18. The van der Waals surface area contributed by atoms with E-state index in [-0.39, 0.29) is 31.4 Å². The first-order valence-corrected chi connectivity index (χ1v) is 14.1. The van der Waals surface area contributed by atoms with Gasteiger partial charge in [-0.2, -0.15) is 0 Å². The zero-order chi connectivity index (χ0) is 29.2. The van der Waals surface area contributed by atoms with Gasteiger partial charge in [0.2, 0.25) is 0 Å². The third-order valence-corrected chi connectivity index (χ3v) is 6.81. The third-order valence-electron chi connectivity index (χ3n) is 6.81. The second-order valence-corrected chi connectivity index (χ2v) is 9.70. The van der Waals surface area contributed by atoms with Gasteiger partial charge in [-0.3, -0.25) is 24.0 Å². The van der Waals surface area contributed by atoms with Crippen LogP contribution in [0.2, 0.25) is 0 Å². The van der Waals surface area contributed by atoms with E-state index in [1.807, 2.05) is 18.2 Å². The summed E-state index contributed by atoms with van der Waals surface area (Å²) in [5.74, 6) is -4.93. The summed E-state index contributed by atoms with van der Waals surface area (Å²) in [5.41, 5.74) is 0. The number of esters is 4. The Morgan fingerprint density at radius 1 is 0.974 bits per heavy atom. The minimum Gasteiger partial charge on any atom is -0.469 e. The van der Waals surface area contributed by atoms with Crippen LogP contribution in [0, 0.1) is 23.7 Å². The van der Waals surface area contributed by atoms with Crippen molar-refractivity contribution in [1.82, 2.24) is 0 Å². The van der Waals surface area contributed by atoms with E-state index in [4.69, 9.17) is 14.2 Å². The van der Waals surface area contributed by atoms with Gasteiger partial charge in [0.25, 0.3) is 0 Å². The van der Waals surface area contributed by atoms with Gasteiger partial charge in [-0.1, -0.05) is 38.0 Å². The number of allylic oxidation sites excluding steroid dienone is 3. The predicted molar refractivity (Wildman–Crippen MR) is 145 cm³/mol. The highest BCUT2D eigenvalue weighted by Gasteiger charge is 2.50. The summed E-state index contributed by atoms with van der Waals surface area (Å²) >= 11 is 0. The van der Waals surface area contributed by atoms with E-state index in [0.717, 1.165) is 19.3 Å². The highest BCUT2D eigenvalue weighted by molar-refractivity contribution is 5.97. The molecular formula is C30H46O9. The third kappa shape index (κ3) is 12.2. The number of ether oxygens (including phenoxy) is 4. The predicted octanol–water partition coefficient (Wildman–Crippen LogP) is 4.91. The molecule has 0 aromatic carbocycles. The Morgan fingerprint density at radius 2 is 1.64 bits per heavy atom. The fourth-order valence-corrected chi connectivity index (χ4v) is 4.93. The number of ketones is 1. The van der Waals surface area contributed by atoms with E-state index in [1.54, 1.807) is 19.9 Å². The monoisotopic (exact) mass is 550 g/mol. The second kappa shape index (κ2) is 19.1. The SMILES string of the molecule is CCCCC[C@@H](/C=C/[C@@H]1[C@@H](C/C=C\CCCC(=O)OC)C(=O)C[C@H]1C(C(=O)OCC)C(=O)OCC)OC(C)=O. The van der Waals surface area contributed by atoms with Crippen molar-refractivity contribution in [2.75, 3.05) is 20.3 Å². The Bertz CT molecular complexity index is 842. The van der Waals surface area contributed by atoms with Gasteiger partial charge in [0, 0.05) is 25.7 Å². The van der Waals surface area contributed by atoms with Crippen LogP contribution in [0.5, 0.6) is 0 Å². The van der Waals surface area contributed by atoms with Gasteiger partial charge in [0.15, 0.2) is 5.92 Å². The minimum absolute atomic E-state index is 0.0339. The molecule has 1 aliphatic rings. The van der Waals surface area contributed by atoms with E-state index in [9.17, 15) is 24.0 Å². The number of carbonyl (C=O) groups is 5. The zero-order valence-corrected chi connectivity index (χ0v) is 24.1. The molecule has 39 heavy (non-hydrogen) atoms. The number of carbonyl (C=O) groups excluding carboxylic acids is 5. The molecule has 9 heteroatoms. The first kappa shape index (κ1) is 34.1. The highest BCUT2D eigenvalue weighted by Crippen LogP contribution is 2.43. The van der Waals surface area contributed by atoms with Gasteiger partial charge in [-0.15, -0.1) is 0 Å². The largest absolute Gasteiger partial charge is 0.469 e. The molecule has 1 saturated carbocycles. The molecule has 0 radical (unpaired) electrons. The molecule has 0 amide bonds. The van der Waals surface area contributed by atoms with Crippen LogP contribution in [0.15, 0.2) is 24.3 Å². The van der Waals surface area contributed by atoms with E-state index >= 15 is 0 Å². The fraction of sp³-hybridized carbons (Fsp3) is 0.700. The summed E-state index contributed by atoms with van der Waals surface area (Å²) in [6.45, 7) is 6.95. The molecule has 4 atom stereocenters. The standard InChI is InChI=1S/C30H46O9/c1-6-9-12-15-22(39-21(4)31)18-19-23-24(16-13-10-11-14-17-27(33)36-5)26(32)20-25(23)28(29(34)37-7-2)30(35)38-8-3/h10,13,18-19,22-25,28H,6-9,11-12,14-17,20H2,1-5H3/b13-10-,19-18+/t22-,23+,24+,25+/m0/s1. The summed E-state index contributed by atoms with van der Waals surface area (Å²) in [7, 11) is 1.35. The molecule has 220 valence electrons. The van der Waals surface area contributed by atoms with Gasteiger partial charge in [0.1, 0.15) is 11.9 Å². The summed E-state index contributed by atoms with van der Waals surface area (Å²) in [6, 6.07) is 0. The lowest BCUT2D eigenvalue weighted by molar-refractivity contribution is -0.165. The van der Waals surface area contributed by atoms with Crippen molar-refractivity contribution in [2.45, 2.75) is 91.6 Å². The van der Waals surface area contributed by atoms with Gasteiger partial charge in [-0.25, -0.2) is 0 Å². The van der Waals surface area contributed by atoms with Crippen molar-refractivity contribution in [2.24, 2.45) is 23.7 Å². The normalized spacial score (nSPS) is 19.9. The number of rotatable bonds is 18. The summed E-state index contributed by atoms with van der Waals surface area (Å²) in [6.07, 6.45) is 12.5. The highest BCUT2D eigenvalue weighted by atomic mass is 16.6. The lowest BCUT2D eigenvalue weighted by Gasteiger charge is -2.26. The van der Waals surface area contributed by atoms with Gasteiger partial charge >= 0.3 is 23.9 Å². The van der Waals surface area contributed by atoms with Crippen molar-refractivity contribution >= 4 is 29.7 Å². The fourth-order valence-electron chi connectivity index (χ4n) is 4.93. The van der Waals surface area contributed by atoms with Crippen molar-refractivity contribution in [3.63, 3.8) is 0 Å². The summed E-state index contributed by atoms with van der Waals surface area (Å²) in [4.78, 5) is 62.0. The molecule has 0 spiro atoms. The van der Waals surface area contributed by atoms with Crippen LogP contribution >= 0.6 is 0 Å². The minimum atomic E-state index is -1.23. The average molecular weight is 551 g/mol. The van der Waals surface area contributed by atoms with Crippen LogP contribution in [0.3, 0.4) is 0 Å². The van der Waals surface area contributed by atoms with Crippen LogP contribution in [0.4, 0.5) is 0 Å². The molecule has 0 bridgehead atoms. The number of hydrogen-bond acceptors (Lipinski definition) is 9. The maximum Gasteiger partial charge on any atom is 0.320 e. The molecule has 0 aliphatic heterocycles. The maximum absolute atomic E-state index is 13.2. The smallest absolute Gasteiger partial charge is 0.320 e. The molecule has 0 unspecified atom stereocenters. The molecule has 1 rings (SSSR count). The maximum atomic E-state index is 13.2. The molecular weight excluding hydrogens is 504 g/mol. The van der Waals surface area contributed by atoms with E-state index in [1.165, 1.54) is 14.0 Å². The number of unbranched alkanes of at least 4 members (excludes halogenated alkanes) is 3. The number of Topliss-reactive ketones (excluding diaryl/α,β-unsaturated/α-hetero) is 1. The molecule has 0 saturated heterocycles. The topological polar surface area (TPSA) is 122 Å². The van der Waals surface area contributed by atoms with Gasteiger partial charge < -0.3 is 18.9 Å². The van der Waals surface area contributed by atoms with Crippen LogP contribution in [0.1, 0.15) is 85.5 Å². The summed E-state index contributed by atoms with van der Waals surface area (Å²) in [5, 5.41) is 0. The Labute approximate surface area is 232 Å². The Balaban J connectivity index is 3.25. The van der Waals surface area contributed by atoms with Crippen LogP contribution in [-0.2, 0) is 42.9 Å². The van der Waals surface area contributed by atoms with Gasteiger partial charge in [0.05, 0.1) is 20.3 Å². The van der Waals surface area contributed by atoms with Crippen LogP contribution in [0.25, 0.3) is 0 Å². The lowest BCUT2D eigenvalue weighted by Crippen LogP contribution is -2.36. The first-order chi connectivity index (χ1) is 18.7. The van der Waals surface area contributed by atoms with Crippen molar-refractivity contribution < 1.29 is 42.9 Å². The first-order valence-electron chi connectivity index (χ1n) is 14.1. The van der Waals surface area contributed by atoms with Gasteiger partial charge in [-0.05, 0) is 63.9 Å². The molecule has 9 nitrogen and oxygen atoms in total. The Morgan fingerprint density at radius 3 is 2.21 bits per heavy atom. The molecule has 0 aromatic heterocycles. The zero-order valence-electron chi connectivity index (χ0n) is 24.1. The number of methoxy groups -OCH3 is 1. The molecule has 0 aromatic rings. The number of hydrogen-bond donors (Lipinski definition) is 0. The van der Waals surface area contributed by atoms with E-state index < -0.39 is 47.7 Å². The van der Waals surface area contributed by atoms with Crippen LogP contribution < -0.4 is 0 Å². The molecule has 0 N–H and O–H groups in total. The second-order valence-electron chi connectivity index (χ2n) is 9.70. The molecule has 1 fully saturated rings. The van der Waals surface area contributed by atoms with E-state index in [2.05, 4.69) is 11.7 Å². The molecule has 0 heterocycles. The molecule has 1 aliphatic carbocycles. The lowest BCUT2D eigenvalue weighted by atomic mass is 9.79. The quantitative estimate of drug-likeness (QED) is 0.0770. The summed E-state index contributed by atoms with van der Waals surface area (Å²) < 4.78 is 20.6. The van der Waals surface area contributed by atoms with Crippen LogP contribution in [-0.4, -0.2) is 56.1 Å². The van der Waals surface area contributed by atoms with Crippen molar-refractivity contribution in [3.8, 4) is 0 Å².